The minimum absolute atomic E-state index is 0.219. The Morgan fingerprint density at radius 1 is 1.12 bits per heavy atom. The highest BCUT2D eigenvalue weighted by molar-refractivity contribution is 6.31. The molecule has 3 rings (SSSR count). The van der Waals surface area contributed by atoms with E-state index in [0.717, 1.165) is 12.0 Å². The van der Waals surface area contributed by atoms with Crippen molar-refractivity contribution in [1.29, 1.82) is 0 Å². The normalized spacial score (nSPS) is 10.3. The summed E-state index contributed by atoms with van der Waals surface area (Å²) >= 11 is 5.95. The number of aryl methyl sites for hydroxylation is 1. The third kappa shape index (κ3) is 4.58. The topological polar surface area (TPSA) is 51.2 Å². The van der Waals surface area contributed by atoms with Gasteiger partial charge in [0.05, 0.1) is 6.20 Å². The van der Waals surface area contributed by atoms with E-state index in [2.05, 4.69) is 10.3 Å². The van der Waals surface area contributed by atoms with Crippen LogP contribution >= 0.6 is 11.6 Å². The minimum atomic E-state index is -0.219. The van der Waals surface area contributed by atoms with Gasteiger partial charge in [-0.15, -0.1) is 0 Å². The van der Waals surface area contributed by atoms with Gasteiger partial charge in [0.25, 0.3) is 5.91 Å². The molecule has 1 amide bonds. The molecule has 0 fully saturated rings. The number of rotatable bonds is 5. The lowest BCUT2D eigenvalue weighted by molar-refractivity contribution is 0.102. The summed E-state index contributed by atoms with van der Waals surface area (Å²) in [5.74, 6) is 1.07. The van der Waals surface area contributed by atoms with E-state index >= 15 is 0 Å². The lowest BCUT2D eigenvalue weighted by Gasteiger charge is -2.11. The van der Waals surface area contributed by atoms with Crippen molar-refractivity contribution in [2.45, 2.75) is 13.3 Å². The SMILES string of the molecule is CCc1cc(NC(=O)c2cccc(Cl)c2)cc(Oc2cccnc2)c1. The van der Waals surface area contributed by atoms with Crippen LogP contribution in [0.2, 0.25) is 5.02 Å². The van der Waals surface area contributed by atoms with Gasteiger partial charge < -0.3 is 10.1 Å². The molecule has 3 aromatic rings. The van der Waals surface area contributed by atoms with Crippen molar-refractivity contribution in [2.24, 2.45) is 0 Å². The van der Waals surface area contributed by atoms with Crippen LogP contribution in [0.25, 0.3) is 0 Å². The summed E-state index contributed by atoms with van der Waals surface area (Å²) in [4.78, 5) is 16.4. The molecule has 0 bridgehead atoms. The zero-order valence-electron chi connectivity index (χ0n) is 13.7. The number of carbonyl (C=O) groups is 1. The van der Waals surface area contributed by atoms with Crippen molar-refractivity contribution in [3.05, 3.63) is 83.1 Å². The molecule has 25 heavy (non-hydrogen) atoms. The number of halogens is 1. The Labute approximate surface area is 151 Å². The lowest BCUT2D eigenvalue weighted by atomic mass is 10.1. The molecule has 0 atom stereocenters. The maximum atomic E-state index is 12.4. The summed E-state index contributed by atoms with van der Waals surface area (Å²) in [6.07, 6.45) is 4.15. The second-order valence-electron chi connectivity index (χ2n) is 5.47. The van der Waals surface area contributed by atoms with Crippen molar-refractivity contribution >= 4 is 23.2 Å². The van der Waals surface area contributed by atoms with Crippen LogP contribution < -0.4 is 10.1 Å². The highest BCUT2D eigenvalue weighted by Crippen LogP contribution is 2.26. The van der Waals surface area contributed by atoms with Crippen LogP contribution in [0.3, 0.4) is 0 Å². The monoisotopic (exact) mass is 352 g/mol. The van der Waals surface area contributed by atoms with Gasteiger partial charge in [-0.3, -0.25) is 9.78 Å². The van der Waals surface area contributed by atoms with Crippen molar-refractivity contribution in [1.82, 2.24) is 4.98 Å². The number of pyridine rings is 1. The molecule has 5 heteroatoms. The molecule has 0 saturated heterocycles. The van der Waals surface area contributed by atoms with Gasteiger partial charge in [0.2, 0.25) is 0 Å². The standard InChI is InChI=1S/C20H17ClN2O2/c1-2-14-9-17(23-20(24)15-5-3-6-16(21)11-15)12-19(10-14)25-18-7-4-8-22-13-18/h3-13H,2H2,1H3,(H,23,24). The van der Waals surface area contributed by atoms with Crippen LogP contribution in [0.4, 0.5) is 5.69 Å². The second-order valence-corrected chi connectivity index (χ2v) is 5.91. The number of carbonyl (C=O) groups excluding carboxylic acids is 1. The van der Waals surface area contributed by atoms with Crippen molar-refractivity contribution in [3.8, 4) is 11.5 Å². The second kappa shape index (κ2) is 7.81. The zero-order valence-corrected chi connectivity index (χ0v) is 14.5. The molecule has 0 spiro atoms. The Balaban J connectivity index is 1.83. The zero-order chi connectivity index (χ0) is 17.6. The smallest absolute Gasteiger partial charge is 0.255 e. The van der Waals surface area contributed by atoms with Crippen LogP contribution in [0.5, 0.6) is 11.5 Å². The fourth-order valence-electron chi connectivity index (χ4n) is 2.37. The van der Waals surface area contributed by atoms with Gasteiger partial charge in [-0.2, -0.15) is 0 Å². The molecular formula is C20H17ClN2O2. The van der Waals surface area contributed by atoms with Crippen LogP contribution in [0.15, 0.2) is 67.0 Å². The van der Waals surface area contributed by atoms with E-state index in [4.69, 9.17) is 16.3 Å². The Bertz CT molecular complexity index is 882. The summed E-state index contributed by atoms with van der Waals surface area (Å²) in [6, 6.07) is 16.1. The molecule has 4 nitrogen and oxygen atoms in total. The molecule has 0 unspecified atom stereocenters. The molecule has 0 aliphatic heterocycles. The summed E-state index contributed by atoms with van der Waals surface area (Å²) in [6.45, 7) is 2.05. The molecule has 1 N–H and O–H groups in total. The highest BCUT2D eigenvalue weighted by atomic mass is 35.5. The van der Waals surface area contributed by atoms with Gasteiger partial charge in [0.1, 0.15) is 11.5 Å². The van der Waals surface area contributed by atoms with E-state index < -0.39 is 0 Å². The average Bonchev–Trinajstić information content (AvgIpc) is 2.62. The number of hydrogen-bond donors (Lipinski definition) is 1. The predicted octanol–water partition coefficient (Wildman–Crippen LogP) is 5.34. The van der Waals surface area contributed by atoms with Gasteiger partial charge in [-0.05, 0) is 54.4 Å². The number of nitrogens with zero attached hydrogens (tertiary/aromatic N) is 1. The maximum absolute atomic E-state index is 12.4. The van der Waals surface area contributed by atoms with Crippen molar-refractivity contribution in [3.63, 3.8) is 0 Å². The minimum Gasteiger partial charge on any atom is -0.456 e. The first-order chi connectivity index (χ1) is 12.1. The molecule has 126 valence electrons. The molecule has 0 aliphatic rings. The maximum Gasteiger partial charge on any atom is 0.255 e. The quantitative estimate of drug-likeness (QED) is 0.674. The first-order valence-corrected chi connectivity index (χ1v) is 8.30. The van der Waals surface area contributed by atoms with Crippen LogP contribution in [-0.2, 0) is 6.42 Å². The summed E-state index contributed by atoms with van der Waals surface area (Å²) in [7, 11) is 0. The Morgan fingerprint density at radius 2 is 2.00 bits per heavy atom. The number of aromatic nitrogens is 1. The molecule has 0 saturated carbocycles. The third-order valence-corrected chi connectivity index (χ3v) is 3.82. The summed E-state index contributed by atoms with van der Waals surface area (Å²) < 4.78 is 5.83. The van der Waals surface area contributed by atoms with Crippen molar-refractivity contribution < 1.29 is 9.53 Å². The number of benzene rings is 2. The molecule has 1 aromatic heterocycles. The van der Waals surface area contributed by atoms with Gasteiger partial charge >= 0.3 is 0 Å². The number of nitrogens with one attached hydrogen (secondary N) is 1. The first-order valence-electron chi connectivity index (χ1n) is 7.93. The van der Waals surface area contributed by atoms with Gasteiger partial charge in [0, 0.05) is 28.5 Å². The molecule has 0 aliphatic carbocycles. The van der Waals surface area contributed by atoms with E-state index in [1.165, 1.54) is 0 Å². The molecule has 0 radical (unpaired) electrons. The Hall–Kier alpha value is -2.85. The molecular weight excluding hydrogens is 336 g/mol. The highest BCUT2D eigenvalue weighted by Gasteiger charge is 2.09. The number of ether oxygens (including phenoxy) is 1. The number of hydrogen-bond acceptors (Lipinski definition) is 3. The number of anilines is 1. The molecule has 2 aromatic carbocycles. The van der Waals surface area contributed by atoms with Gasteiger partial charge in [-0.25, -0.2) is 0 Å². The number of amides is 1. The van der Waals surface area contributed by atoms with E-state index in [1.54, 1.807) is 48.8 Å². The predicted molar refractivity (Wildman–Crippen MR) is 99.5 cm³/mol. The van der Waals surface area contributed by atoms with Gasteiger partial charge in [-0.1, -0.05) is 24.6 Å². The lowest BCUT2D eigenvalue weighted by Crippen LogP contribution is -2.12. The van der Waals surface area contributed by atoms with E-state index in [-0.39, 0.29) is 5.91 Å². The Kier molecular flexibility index (Phi) is 5.31. The fourth-order valence-corrected chi connectivity index (χ4v) is 2.56. The summed E-state index contributed by atoms with van der Waals surface area (Å²) in [5, 5.41) is 3.42. The van der Waals surface area contributed by atoms with E-state index in [1.807, 2.05) is 25.1 Å². The first kappa shape index (κ1) is 17.0. The van der Waals surface area contributed by atoms with E-state index in [9.17, 15) is 4.79 Å². The largest absolute Gasteiger partial charge is 0.456 e. The molecule has 1 heterocycles. The fraction of sp³-hybridized carbons (Fsp3) is 0.100. The van der Waals surface area contributed by atoms with Crippen molar-refractivity contribution in [2.75, 3.05) is 5.32 Å². The van der Waals surface area contributed by atoms with Crippen LogP contribution in [-0.4, -0.2) is 10.9 Å². The van der Waals surface area contributed by atoms with Crippen LogP contribution in [0.1, 0.15) is 22.8 Å². The van der Waals surface area contributed by atoms with Gasteiger partial charge in [0.15, 0.2) is 0 Å². The third-order valence-electron chi connectivity index (χ3n) is 3.59. The van der Waals surface area contributed by atoms with E-state index in [0.29, 0.717) is 27.8 Å². The summed E-state index contributed by atoms with van der Waals surface area (Å²) in [5.41, 5.74) is 2.23. The Morgan fingerprint density at radius 3 is 2.72 bits per heavy atom. The van der Waals surface area contributed by atoms with Crippen LogP contribution in [0, 0.1) is 0 Å². The average molecular weight is 353 g/mol.